The summed E-state index contributed by atoms with van der Waals surface area (Å²) in [5.41, 5.74) is 4.81. The Morgan fingerprint density at radius 3 is 2.12 bits per heavy atom. The molecule has 0 bridgehead atoms. The van der Waals surface area contributed by atoms with Crippen molar-refractivity contribution in [1.82, 2.24) is 5.43 Å². The van der Waals surface area contributed by atoms with Crippen molar-refractivity contribution in [2.24, 2.45) is 5.10 Å². The van der Waals surface area contributed by atoms with Crippen LogP contribution in [0.25, 0.3) is 0 Å². The van der Waals surface area contributed by atoms with E-state index in [0.717, 1.165) is 5.56 Å². The van der Waals surface area contributed by atoms with Gasteiger partial charge in [-0.05, 0) is 40.8 Å². The topological polar surface area (TPSA) is 79.8 Å². The number of hydrogen-bond donors (Lipinski definition) is 2. The number of amides is 2. The first kappa shape index (κ1) is 19.2. The van der Waals surface area contributed by atoms with Gasteiger partial charge in [0.05, 0.1) is 13.3 Å². The second-order valence-corrected chi connectivity index (χ2v) is 6.75. The van der Waals surface area contributed by atoms with Gasteiger partial charge in [0, 0.05) is 5.69 Å². The third kappa shape index (κ3) is 5.44. The lowest BCUT2D eigenvalue weighted by Gasteiger charge is -2.18. The van der Waals surface area contributed by atoms with Crippen molar-refractivity contribution in [3.8, 4) is 5.75 Å². The Morgan fingerprint density at radius 2 is 1.58 bits per heavy atom. The number of benzene rings is 2. The maximum Gasteiger partial charge on any atom is 0.329 e. The molecule has 2 amide bonds. The summed E-state index contributed by atoms with van der Waals surface area (Å²) in [5, 5.41) is 6.30. The van der Waals surface area contributed by atoms with Gasteiger partial charge < -0.3 is 10.1 Å². The molecule has 0 aromatic heterocycles. The van der Waals surface area contributed by atoms with Gasteiger partial charge in [-0.15, -0.1) is 0 Å². The Kier molecular flexibility index (Phi) is 6.11. The highest BCUT2D eigenvalue weighted by Crippen LogP contribution is 2.21. The molecule has 0 radical (unpaired) electrons. The molecular weight excluding hydrogens is 330 g/mol. The molecule has 0 fully saturated rings. The van der Waals surface area contributed by atoms with Crippen molar-refractivity contribution in [2.45, 2.75) is 26.2 Å². The lowest BCUT2D eigenvalue weighted by Crippen LogP contribution is -2.32. The Bertz CT molecular complexity index is 789. The molecule has 2 aromatic carbocycles. The van der Waals surface area contributed by atoms with Crippen molar-refractivity contribution < 1.29 is 14.3 Å². The van der Waals surface area contributed by atoms with Gasteiger partial charge in [-0.3, -0.25) is 9.59 Å². The second kappa shape index (κ2) is 8.29. The molecule has 26 heavy (non-hydrogen) atoms. The molecule has 0 aliphatic rings. The number of methoxy groups -OCH3 is 1. The number of anilines is 1. The van der Waals surface area contributed by atoms with Gasteiger partial charge in [0.15, 0.2) is 0 Å². The van der Waals surface area contributed by atoms with Crippen LogP contribution in [0, 0.1) is 0 Å². The van der Waals surface area contributed by atoms with Crippen LogP contribution in [-0.4, -0.2) is 25.1 Å². The minimum Gasteiger partial charge on any atom is -0.497 e. The van der Waals surface area contributed by atoms with Gasteiger partial charge in [0.25, 0.3) is 0 Å². The highest BCUT2D eigenvalue weighted by molar-refractivity contribution is 6.39. The molecule has 2 rings (SSSR count). The third-order valence-corrected chi connectivity index (χ3v) is 3.71. The van der Waals surface area contributed by atoms with Crippen LogP contribution in [0.1, 0.15) is 31.9 Å². The predicted octanol–water partition coefficient (Wildman–Crippen LogP) is 3.08. The summed E-state index contributed by atoms with van der Waals surface area (Å²) in [6.45, 7) is 6.41. The Labute approximate surface area is 153 Å². The normalized spacial score (nSPS) is 11.2. The van der Waals surface area contributed by atoms with E-state index in [1.54, 1.807) is 31.4 Å². The standard InChI is InChI=1S/C20H23N3O3/c1-20(2,3)15-7-5-14(6-8-15)13-21-23-19(25)18(24)22-16-9-11-17(26-4)12-10-16/h5-13H,1-4H3,(H,22,24)(H,23,25)/b21-13-. The van der Waals surface area contributed by atoms with Crippen molar-refractivity contribution in [3.05, 3.63) is 59.7 Å². The van der Waals surface area contributed by atoms with Crippen LogP contribution in [0.15, 0.2) is 53.6 Å². The van der Waals surface area contributed by atoms with Crippen molar-refractivity contribution in [2.75, 3.05) is 12.4 Å². The fraction of sp³-hybridized carbons (Fsp3) is 0.250. The molecule has 2 aromatic rings. The number of carbonyl (C=O) groups is 2. The van der Waals surface area contributed by atoms with Crippen molar-refractivity contribution in [1.29, 1.82) is 0 Å². The summed E-state index contributed by atoms with van der Waals surface area (Å²) < 4.78 is 5.03. The van der Waals surface area contributed by atoms with Crippen LogP contribution >= 0.6 is 0 Å². The van der Waals surface area contributed by atoms with Gasteiger partial charge in [-0.2, -0.15) is 5.10 Å². The molecule has 0 atom stereocenters. The van der Waals surface area contributed by atoms with Crippen LogP contribution in [0.5, 0.6) is 5.75 Å². The van der Waals surface area contributed by atoms with E-state index in [1.165, 1.54) is 11.8 Å². The van der Waals surface area contributed by atoms with E-state index in [0.29, 0.717) is 11.4 Å². The van der Waals surface area contributed by atoms with Crippen molar-refractivity contribution in [3.63, 3.8) is 0 Å². The minimum atomic E-state index is -0.844. The van der Waals surface area contributed by atoms with Crippen LogP contribution in [-0.2, 0) is 15.0 Å². The van der Waals surface area contributed by atoms with E-state index in [1.807, 2.05) is 24.3 Å². The largest absolute Gasteiger partial charge is 0.497 e. The number of hydrogen-bond acceptors (Lipinski definition) is 4. The summed E-state index contributed by atoms with van der Waals surface area (Å²) in [5.74, 6) is -0.978. The molecule has 0 aliphatic carbocycles. The van der Waals surface area contributed by atoms with Crippen LogP contribution in [0.2, 0.25) is 0 Å². The zero-order chi connectivity index (χ0) is 19.2. The molecular formula is C20H23N3O3. The first-order valence-electron chi connectivity index (χ1n) is 8.18. The zero-order valence-corrected chi connectivity index (χ0v) is 15.4. The lowest BCUT2D eigenvalue weighted by atomic mass is 9.87. The first-order chi connectivity index (χ1) is 12.3. The average molecular weight is 353 g/mol. The minimum absolute atomic E-state index is 0.0729. The molecule has 0 saturated carbocycles. The molecule has 136 valence electrons. The van der Waals surface area contributed by atoms with Crippen LogP contribution < -0.4 is 15.5 Å². The number of nitrogens with one attached hydrogen (secondary N) is 2. The fourth-order valence-electron chi connectivity index (χ4n) is 2.15. The molecule has 2 N–H and O–H groups in total. The van der Waals surface area contributed by atoms with Crippen molar-refractivity contribution >= 4 is 23.7 Å². The number of rotatable bonds is 4. The van der Waals surface area contributed by atoms with Gasteiger partial charge >= 0.3 is 11.8 Å². The molecule has 6 heteroatoms. The molecule has 0 saturated heterocycles. The van der Waals surface area contributed by atoms with Crippen LogP contribution in [0.3, 0.4) is 0 Å². The lowest BCUT2D eigenvalue weighted by molar-refractivity contribution is -0.136. The van der Waals surface area contributed by atoms with Gasteiger partial charge in [-0.25, -0.2) is 5.43 Å². The summed E-state index contributed by atoms with van der Waals surface area (Å²) in [6.07, 6.45) is 1.49. The highest BCUT2D eigenvalue weighted by atomic mass is 16.5. The fourth-order valence-corrected chi connectivity index (χ4v) is 2.15. The molecule has 0 unspecified atom stereocenters. The first-order valence-corrected chi connectivity index (χ1v) is 8.18. The Balaban J connectivity index is 1.88. The van der Waals surface area contributed by atoms with Gasteiger partial charge in [0.1, 0.15) is 5.75 Å². The van der Waals surface area contributed by atoms with Crippen LogP contribution in [0.4, 0.5) is 5.69 Å². The smallest absolute Gasteiger partial charge is 0.329 e. The van der Waals surface area contributed by atoms with E-state index >= 15 is 0 Å². The maximum absolute atomic E-state index is 11.8. The quantitative estimate of drug-likeness (QED) is 0.504. The van der Waals surface area contributed by atoms with Gasteiger partial charge in [-0.1, -0.05) is 45.0 Å². The predicted molar refractivity (Wildman–Crippen MR) is 103 cm³/mol. The van der Waals surface area contributed by atoms with E-state index in [2.05, 4.69) is 36.6 Å². The van der Waals surface area contributed by atoms with Gasteiger partial charge in [0.2, 0.25) is 0 Å². The number of hydrazone groups is 1. The summed E-state index contributed by atoms with van der Waals surface area (Å²) >= 11 is 0. The highest BCUT2D eigenvalue weighted by Gasteiger charge is 2.13. The zero-order valence-electron chi connectivity index (χ0n) is 15.4. The number of ether oxygens (including phenoxy) is 1. The summed E-state index contributed by atoms with van der Waals surface area (Å²) in [4.78, 5) is 23.6. The van der Waals surface area contributed by atoms with E-state index < -0.39 is 11.8 Å². The number of nitrogens with zero attached hydrogens (tertiary/aromatic N) is 1. The summed E-state index contributed by atoms with van der Waals surface area (Å²) in [6, 6.07) is 14.5. The summed E-state index contributed by atoms with van der Waals surface area (Å²) in [7, 11) is 1.55. The number of carbonyl (C=O) groups excluding carboxylic acids is 2. The third-order valence-electron chi connectivity index (χ3n) is 3.71. The Hall–Kier alpha value is -3.15. The van der Waals surface area contributed by atoms with E-state index in [4.69, 9.17) is 4.74 Å². The monoisotopic (exact) mass is 353 g/mol. The Morgan fingerprint density at radius 1 is 0.962 bits per heavy atom. The molecule has 0 heterocycles. The SMILES string of the molecule is COc1ccc(NC(=O)C(=O)N/N=C\c2ccc(C(C)(C)C)cc2)cc1. The average Bonchev–Trinajstić information content (AvgIpc) is 2.62. The second-order valence-electron chi connectivity index (χ2n) is 6.75. The maximum atomic E-state index is 11.8. The van der Waals surface area contributed by atoms with E-state index in [-0.39, 0.29) is 5.41 Å². The van der Waals surface area contributed by atoms with E-state index in [9.17, 15) is 9.59 Å². The molecule has 0 spiro atoms. The molecule has 6 nitrogen and oxygen atoms in total. The molecule has 0 aliphatic heterocycles.